The van der Waals surface area contributed by atoms with Crippen molar-refractivity contribution in [1.29, 1.82) is 0 Å². The van der Waals surface area contributed by atoms with Crippen molar-refractivity contribution < 1.29 is 24.5 Å². The molecule has 0 amide bonds. The molecule has 4 saturated carbocycles. The second kappa shape index (κ2) is 9.13. The highest BCUT2D eigenvalue weighted by molar-refractivity contribution is 5.81. The lowest BCUT2D eigenvalue weighted by molar-refractivity contribution is -0.203. The van der Waals surface area contributed by atoms with Crippen LogP contribution in [0.1, 0.15) is 102 Å². The van der Waals surface area contributed by atoms with Gasteiger partial charge in [-0.3, -0.25) is 0 Å². The number of aliphatic hydroxyl groups excluding tert-OH is 2. The zero-order valence-electron chi connectivity index (χ0n) is 21.8. The maximum atomic E-state index is 11.8. The second-order valence-corrected chi connectivity index (χ2v) is 12.9. The van der Waals surface area contributed by atoms with E-state index in [-0.39, 0.29) is 34.8 Å². The molecule has 1 heterocycles. The van der Waals surface area contributed by atoms with Gasteiger partial charge in [-0.05, 0) is 104 Å². The Morgan fingerprint density at radius 3 is 2.46 bits per heavy atom. The zero-order valence-corrected chi connectivity index (χ0v) is 21.8. The molecule has 0 spiro atoms. The first-order valence-corrected chi connectivity index (χ1v) is 14.0. The van der Waals surface area contributed by atoms with Crippen molar-refractivity contribution in [3.05, 3.63) is 11.8 Å². The van der Waals surface area contributed by atoms with Crippen molar-refractivity contribution in [2.75, 3.05) is 0 Å². The standard InChI is InChI=1S/C28H44N2O5/c1-5-17-21-14-16(31)10-12-28(21,4)20-11-13-27(3)18(7-8-19(27)23(20)24(17)32)15(2)6-9-22-29-30-25(35-22)26(33)34/h15-21,23-24,31-32H,5-14H2,1-4H3,(H,33,34)/t15-,16-,17-,18?,19?,20?,21+,23?,24?,27-,28-/m1/s1. The maximum Gasteiger partial charge on any atom is 0.393 e. The van der Waals surface area contributed by atoms with Crippen LogP contribution in [-0.2, 0) is 6.42 Å². The summed E-state index contributed by atoms with van der Waals surface area (Å²) in [4.78, 5) is 11.0. The van der Waals surface area contributed by atoms with Gasteiger partial charge in [-0.25, -0.2) is 4.79 Å². The van der Waals surface area contributed by atoms with E-state index in [1.54, 1.807) is 0 Å². The molecule has 4 fully saturated rings. The number of nitrogens with zero attached hydrogens (tertiary/aromatic N) is 2. The SMILES string of the molecule is CC[C@H]1C(O)C2C3CCC([C@H](C)CCc4nnc(C(=O)O)o4)[C@@]3(C)CCC2[C@@]2(C)CC[C@@H](O)C[C@@H]12. The molecule has 1 aromatic heterocycles. The normalized spacial score (nSPS) is 45.9. The van der Waals surface area contributed by atoms with Gasteiger partial charge in [0.25, 0.3) is 0 Å². The van der Waals surface area contributed by atoms with Crippen molar-refractivity contribution >= 4 is 5.97 Å². The Morgan fingerprint density at radius 2 is 1.77 bits per heavy atom. The van der Waals surface area contributed by atoms with Gasteiger partial charge < -0.3 is 19.7 Å². The largest absolute Gasteiger partial charge is 0.474 e. The molecule has 35 heavy (non-hydrogen) atoms. The highest BCUT2D eigenvalue weighted by Gasteiger charge is 2.64. The predicted octanol–water partition coefficient (Wildman–Crippen LogP) is 4.96. The fourth-order valence-corrected chi connectivity index (χ4v) is 9.93. The Morgan fingerprint density at radius 1 is 1.06 bits per heavy atom. The van der Waals surface area contributed by atoms with E-state index in [1.165, 1.54) is 25.7 Å². The minimum atomic E-state index is -1.18. The number of aromatic nitrogens is 2. The summed E-state index contributed by atoms with van der Waals surface area (Å²) in [6.07, 6.45) is 9.66. The molecule has 0 radical (unpaired) electrons. The van der Waals surface area contributed by atoms with Crippen molar-refractivity contribution in [2.45, 2.75) is 104 Å². The third-order valence-corrected chi connectivity index (χ3v) is 11.6. The number of hydrogen-bond donors (Lipinski definition) is 3. The number of hydrogen-bond acceptors (Lipinski definition) is 6. The van der Waals surface area contributed by atoms with Crippen LogP contribution >= 0.6 is 0 Å². The van der Waals surface area contributed by atoms with Crippen molar-refractivity contribution in [3.8, 4) is 0 Å². The minimum Gasteiger partial charge on any atom is -0.474 e. The van der Waals surface area contributed by atoms with Crippen LogP contribution in [0.4, 0.5) is 0 Å². The summed E-state index contributed by atoms with van der Waals surface area (Å²) in [7, 11) is 0. The summed E-state index contributed by atoms with van der Waals surface area (Å²) >= 11 is 0. The quantitative estimate of drug-likeness (QED) is 0.518. The first kappa shape index (κ1) is 25.2. The van der Waals surface area contributed by atoms with Gasteiger partial charge in [0.05, 0.1) is 12.2 Å². The van der Waals surface area contributed by atoms with E-state index in [9.17, 15) is 15.0 Å². The lowest BCUT2D eigenvalue weighted by Gasteiger charge is -2.64. The number of carboxylic acid groups (broad SMARTS) is 1. The van der Waals surface area contributed by atoms with Crippen LogP contribution < -0.4 is 0 Å². The van der Waals surface area contributed by atoms with Crippen LogP contribution in [0.25, 0.3) is 0 Å². The molecule has 7 heteroatoms. The van der Waals surface area contributed by atoms with Crippen LogP contribution in [0.2, 0.25) is 0 Å². The molecule has 4 aliphatic carbocycles. The third-order valence-electron chi connectivity index (χ3n) is 11.6. The summed E-state index contributed by atoms with van der Waals surface area (Å²) in [6, 6.07) is 0. The van der Waals surface area contributed by atoms with Gasteiger partial charge in [0.15, 0.2) is 0 Å². The molecule has 0 saturated heterocycles. The van der Waals surface area contributed by atoms with Crippen molar-refractivity contribution in [2.24, 2.45) is 52.3 Å². The summed E-state index contributed by atoms with van der Waals surface area (Å²) < 4.78 is 5.30. The maximum absolute atomic E-state index is 11.8. The number of rotatable bonds is 6. The minimum absolute atomic E-state index is 0.207. The van der Waals surface area contributed by atoms with E-state index in [4.69, 9.17) is 9.52 Å². The van der Waals surface area contributed by atoms with Crippen LogP contribution in [-0.4, -0.2) is 43.7 Å². The van der Waals surface area contributed by atoms with E-state index in [0.717, 1.165) is 32.1 Å². The monoisotopic (exact) mass is 488 g/mol. The second-order valence-electron chi connectivity index (χ2n) is 12.9. The van der Waals surface area contributed by atoms with Gasteiger partial charge in [-0.15, -0.1) is 10.2 Å². The van der Waals surface area contributed by atoms with Gasteiger partial charge in [0.1, 0.15) is 0 Å². The number of aryl methyl sites for hydroxylation is 1. The lowest BCUT2D eigenvalue weighted by Crippen LogP contribution is -2.62. The molecule has 5 rings (SSSR count). The first-order chi connectivity index (χ1) is 16.6. The highest BCUT2D eigenvalue weighted by Crippen LogP contribution is 2.69. The topological polar surface area (TPSA) is 117 Å². The van der Waals surface area contributed by atoms with E-state index in [0.29, 0.717) is 47.8 Å². The van der Waals surface area contributed by atoms with Crippen molar-refractivity contribution in [3.63, 3.8) is 0 Å². The Kier molecular flexibility index (Phi) is 6.57. The summed E-state index contributed by atoms with van der Waals surface area (Å²) in [5.41, 5.74) is 0.451. The number of carboxylic acids is 1. The van der Waals surface area contributed by atoms with Crippen LogP contribution in [0.5, 0.6) is 0 Å². The highest BCUT2D eigenvalue weighted by atomic mass is 16.4. The molecular formula is C28H44N2O5. The van der Waals surface area contributed by atoms with E-state index in [1.807, 2.05) is 0 Å². The molecule has 3 N–H and O–H groups in total. The molecule has 0 aromatic carbocycles. The van der Waals surface area contributed by atoms with E-state index >= 15 is 0 Å². The number of aromatic carboxylic acids is 1. The molecule has 0 aliphatic heterocycles. The van der Waals surface area contributed by atoms with Gasteiger partial charge in [-0.2, -0.15) is 0 Å². The molecule has 0 bridgehead atoms. The Bertz CT molecular complexity index is 934. The van der Waals surface area contributed by atoms with Crippen LogP contribution in [0.15, 0.2) is 4.42 Å². The molecule has 7 nitrogen and oxygen atoms in total. The van der Waals surface area contributed by atoms with E-state index < -0.39 is 5.97 Å². The zero-order chi connectivity index (χ0) is 25.1. The number of aliphatic hydroxyl groups is 2. The average molecular weight is 489 g/mol. The first-order valence-electron chi connectivity index (χ1n) is 14.0. The molecule has 1 aromatic rings. The summed E-state index contributed by atoms with van der Waals surface area (Å²) in [5.74, 6) is 2.12. The molecule has 5 unspecified atom stereocenters. The van der Waals surface area contributed by atoms with Crippen LogP contribution in [0.3, 0.4) is 0 Å². The van der Waals surface area contributed by atoms with Gasteiger partial charge in [0, 0.05) is 6.42 Å². The summed E-state index contributed by atoms with van der Waals surface area (Å²) in [5, 5.41) is 38.9. The average Bonchev–Trinajstić information content (AvgIpc) is 3.43. The molecule has 4 aliphatic rings. The molecular weight excluding hydrogens is 444 g/mol. The van der Waals surface area contributed by atoms with E-state index in [2.05, 4.69) is 37.9 Å². The molecule has 11 atom stereocenters. The summed E-state index contributed by atoms with van der Waals surface area (Å²) in [6.45, 7) is 9.53. The lowest BCUT2D eigenvalue weighted by atomic mass is 9.41. The fraction of sp³-hybridized carbons (Fsp3) is 0.893. The van der Waals surface area contributed by atoms with Crippen LogP contribution in [0, 0.1) is 52.3 Å². The Balaban J connectivity index is 1.34. The fourth-order valence-electron chi connectivity index (χ4n) is 9.93. The van der Waals surface area contributed by atoms with Crippen molar-refractivity contribution in [1.82, 2.24) is 10.2 Å². The Labute approximate surface area is 209 Å². The van der Waals surface area contributed by atoms with Gasteiger partial charge >= 0.3 is 11.9 Å². The Hall–Kier alpha value is -1.47. The predicted molar refractivity (Wildman–Crippen MR) is 131 cm³/mol. The molecule has 196 valence electrons. The smallest absolute Gasteiger partial charge is 0.393 e. The number of fused-ring (bicyclic) bond motifs is 5. The van der Waals surface area contributed by atoms with Gasteiger partial charge in [0.2, 0.25) is 5.89 Å². The van der Waals surface area contributed by atoms with Gasteiger partial charge in [-0.1, -0.05) is 34.1 Å². The number of carbonyl (C=O) groups is 1. The third kappa shape index (κ3) is 3.96.